The number of halogens is 6. The topological polar surface area (TPSA) is 37.3 Å². The molecule has 0 heterocycles. The van der Waals surface area contributed by atoms with Crippen LogP contribution in [-0.4, -0.2) is 10.9 Å². The van der Waals surface area contributed by atoms with E-state index in [1.165, 1.54) is 0 Å². The van der Waals surface area contributed by atoms with Crippen LogP contribution in [0.15, 0.2) is 12.1 Å². The third-order valence-electron chi connectivity index (χ3n) is 2.15. The summed E-state index contributed by atoms with van der Waals surface area (Å²) in [7, 11) is 0. The van der Waals surface area contributed by atoms with Crippen molar-refractivity contribution in [3.05, 3.63) is 28.8 Å². The lowest BCUT2D eigenvalue weighted by Gasteiger charge is -2.17. The van der Waals surface area contributed by atoms with E-state index in [9.17, 15) is 36.2 Å². The SMILES string of the molecule is CC(=O)c1ccc(C(F)(F)F)c(C(F)(F)F)c1O. The van der Waals surface area contributed by atoms with Crippen molar-refractivity contribution in [2.24, 2.45) is 0 Å². The standard InChI is InChI=1S/C10H6F6O2/c1-4(17)5-2-3-6(9(11,12)13)7(8(5)18)10(14,15)16/h2-3,18H,1H3. The van der Waals surface area contributed by atoms with Gasteiger partial charge < -0.3 is 5.11 Å². The number of hydrogen-bond donors (Lipinski definition) is 1. The van der Waals surface area contributed by atoms with Gasteiger partial charge in [-0.1, -0.05) is 0 Å². The number of hydrogen-bond acceptors (Lipinski definition) is 2. The van der Waals surface area contributed by atoms with Crippen molar-refractivity contribution in [1.82, 2.24) is 0 Å². The van der Waals surface area contributed by atoms with Crippen molar-refractivity contribution in [2.45, 2.75) is 19.3 Å². The molecular weight excluding hydrogens is 266 g/mol. The van der Waals surface area contributed by atoms with Crippen molar-refractivity contribution in [2.75, 3.05) is 0 Å². The molecule has 0 aliphatic heterocycles. The van der Waals surface area contributed by atoms with Gasteiger partial charge in [-0.2, -0.15) is 26.3 Å². The number of carbonyl (C=O) groups is 1. The quantitative estimate of drug-likeness (QED) is 0.626. The summed E-state index contributed by atoms with van der Waals surface area (Å²) in [4.78, 5) is 10.9. The minimum atomic E-state index is -5.42. The Morgan fingerprint density at radius 1 is 1.06 bits per heavy atom. The van der Waals surface area contributed by atoms with Crippen LogP contribution in [0, 0.1) is 0 Å². The molecule has 0 fully saturated rings. The molecule has 0 saturated heterocycles. The molecule has 0 radical (unpaired) electrons. The summed E-state index contributed by atoms with van der Waals surface area (Å²) < 4.78 is 74.7. The molecule has 0 unspecified atom stereocenters. The molecule has 0 bridgehead atoms. The van der Waals surface area contributed by atoms with E-state index in [-0.39, 0.29) is 6.07 Å². The minimum Gasteiger partial charge on any atom is -0.507 e. The summed E-state index contributed by atoms with van der Waals surface area (Å²) in [5.74, 6) is -2.67. The Balaban J connectivity index is 3.69. The number of phenolic OH excluding ortho intramolecular Hbond substituents is 1. The van der Waals surface area contributed by atoms with E-state index in [1.807, 2.05) is 0 Å². The molecule has 1 N–H and O–H groups in total. The zero-order valence-corrected chi connectivity index (χ0v) is 8.78. The molecule has 8 heteroatoms. The Labute approximate surface area is 96.8 Å². The molecule has 18 heavy (non-hydrogen) atoms. The molecule has 0 atom stereocenters. The van der Waals surface area contributed by atoms with E-state index in [2.05, 4.69) is 0 Å². The van der Waals surface area contributed by atoms with Gasteiger partial charge in [0.1, 0.15) is 11.3 Å². The van der Waals surface area contributed by atoms with Crippen molar-refractivity contribution in [3.8, 4) is 5.75 Å². The third-order valence-corrected chi connectivity index (χ3v) is 2.15. The van der Waals surface area contributed by atoms with Crippen LogP contribution in [0.1, 0.15) is 28.4 Å². The van der Waals surface area contributed by atoms with Gasteiger partial charge >= 0.3 is 12.4 Å². The molecule has 2 nitrogen and oxygen atoms in total. The first-order chi connectivity index (χ1) is 7.96. The average molecular weight is 272 g/mol. The van der Waals surface area contributed by atoms with Crippen molar-refractivity contribution >= 4 is 5.78 Å². The Bertz CT molecular complexity index is 486. The summed E-state index contributed by atoms with van der Waals surface area (Å²) in [6.07, 6.45) is -10.7. The molecule has 0 aliphatic rings. The maximum atomic E-state index is 12.5. The number of phenols is 1. The fourth-order valence-corrected chi connectivity index (χ4v) is 1.40. The number of Topliss-reactive ketones (excluding diaryl/α,β-unsaturated/α-hetero) is 1. The summed E-state index contributed by atoms with van der Waals surface area (Å²) in [5, 5.41) is 9.20. The second-order valence-electron chi connectivity index (χ2n) is 3.44. The van der Waals surface area contributed by atoms with E-state index >= 15 is 0 Å². The summed E-state index contributed by atoms with van der Waals surface area (Å²) in [5.41, 5.74) is -5.09. The molecular formula is C10H6F6O2. The highest BCUT2D eigenvalue weighted by Gasteiger charge is 2.46. The van der Waals surface area contributed by atoms with Crippen molar-refractivity contribution in [3.63, 3.8) is 0 Å². The Kier molecular flexibility index (Phi) is 3.33. The summed E-state index contributed by atoms with van der Waals surface area (Å²) in [6.45, 7) is 0.836. The molecule has 0 aromatic heterocycles. The molecule has 100 valence electrons. The summed E-state index contributed by atoms with van der Waals surface area (Å²) in [6, 6.07) is 0.634. The predicted octanol–water partition coefficient (Wildman–Crippen LogP) is 3.63. The van der Waals surface area contributed by atoms with Crippen molar-refractivity contribution in [1.29, 1.82) is 0 Å². The van der Waals surface area contributed by atoms with Gasteiger partial charge in [0.05, 0.1) is 11.1 Å². The highest BCUT2D eigenvalue weighted by molar-refractivity contribution is 5.97. The van der Waals surface area contributed by atoms with Crippen LogP contribution in [0.5, 0.6) is 5.75 Å². The first kappa shape index (κ1) is 14.3. The second kappa shape index (κ2) is 4.18. The molecule has 0 spiro atoms. The first-order valence-electron chi connectivity index (χ1n) is 4.47. The average Bonchev–Trinajstić information content (AvgIpc) is 2.12. The predicted molar refractivity (Wildman–Crippen MR) is 48.1 cm³/mol. The lowest BCUT2D eigenvalue weighted by molar-refractivity contribution is -0.163. The smallest absolute Gasteiger partial charge is 0.420 e. The fraction of sp³-hybridized carbons (Fsp3) is 0.300. The van der Waals surface area contributed by atoms with Gasteiger partial charge in [-0.15, -0.1) is 0 Å². The van der Waals surface area contributed by atoms with Gasteiger partial charge in [-0.05, 0) is 19.1 Å². The van der Waals surface area contributed by atoms with Crippen LogP contribution < -0.4 is 0 Å². The van der Waals surface area contributed by atoms with Crippen LogP contribution in [0.2, 0.25) is 0 Å². The number of carbonyl (C=O) groups excluding carboxylic acids is 1. The monoisotopic (exact) mass is 272 g/mol. The Hall–Kier alpha value is -1.73. The largest absolute Gasteiger partial charge is 0.507 e. The van der Waals surface area contributed by atoms with Crippen LogP contribution in [0.4, 0.5) is 26.3 Å². The second-order valence-corrected chi connectivity index (χ2v) is 3.44. The van der Waals surface area contributed by atoms with Crippen LogP contribution >= 0.6 is 0 Å². The van der Waals surface area contributed by atoms with Crippen molar-refractivity contribution < 1.29 is 36.2 Å². The highest BCUT2D eigenvalue weighted by atomic mass is 19.4. The van der Waals surface area contributed by atoms with Gasteiger partial charge in [-0.3, -0.25) is 4.79 Å². The van der Waals surface area contributed by atoms with Crippen LogP contribution in [-0.2, 0) is 12.4 Å². The maximum Gasteiger partial charge on any atom is 0.420 e. The number of rotatable bonds is 1. The van der Waals surface area contributed by atoms with Crippen LogP contribution in [0.3, 0.4) is 0 Å². The minimum absolute atomic E-state index is 0.124. The van der Waals surface area contributed by atoms with Gasteiger partial charge in [0.2, 0.25) is 0 Å². The van der Waals surface area contributed by atoms with E-state index in [1.54, 1.807) is 0 Å². The fourth-order valence-electron chi connectivity index (χ4n) is 1.40. The highest BCUT2D eigenvalue weighted by Crippen LogP contribution is 2.45. The molecule has 0 aliphatic carbocycles. The van der Waals surface area contributed by atoms with E-state index in [4.69, 9.17) is 0 Å². The van der Waals surface area contributed by atoms with Gasteiger partial charge in [-0.25, -0.2) is 0 Å². The number of benzene rings is 1. The Morgan fingerprint density at radius 3 is 1.89 bits per heavy atom. The third kappa shape index (κ3) is 2.57. The zero-order chi connectivity index (χ0) is 14.3. The molecule has 1 aromatic rings. The van der Waals surface area contributed by atoms with Gasteiger partial charge in [0.25, 0.3) is 0 Å². The number of aromatic hydroxyl groups is 1. The number of ketones is 1. The molecule has 0 amide bonds. The molecule has 1 rings (SSSR count). The Morgan fingerprint density at radius 2 is 1.56 bits per heavy atom. The van der Waals surface area contributed by atoms with E-state index in [0.717, 1.165) is 6.92 Å². The summed E-state index contributed by atoms with van der Waals surface area (Å²) >= 11 is 0. The zero-order valence-electron chi connectivity index (χ0n) is 8.78. The van der Waals surface area contributed by atoms with E-state index < -0.39 is 40.6 Å². The van der Waals surface area contributed by atoms with E-state index in [0.29, 0.717) is 6.07 Å². The van der Waals surface area contributed by atoms with Gasteiger partial charge in [0, 0.05) is 0 Å². The van der Waals surface area contributed by atoms with Gasteiger partial charge in [0.15, 0.2) is 5.78 Å². The lowest BCUT2D eigenvalue weighted by Crippen LogP contribution is -2.18. The van der Waals surface area contributed by atoms with Crippen LogP contribution in [0.25, 0.3) is 0 Å². The first-order valence-corrected chi connectivity index (χ1v) is 4.47. The molecule has 0 saturated carbocycles. The maximum absolute atomic E-state index is 12.5. The molecule has 1 aromatic carbocycles. The number of alkyl halides is 6. The lowest BCUT2D eigenvalue weighted by atomic mass is 9.99. The normalized spacial score (nSPS) is 12.6.